The SMILES string of the molecule is CC1CN(c2nn(C(=O)c3c(Cl)cccc3C(F)(F)F)c3cccc(F)c23)CCC1C(=O)O. The number of carboxylic acids is 1. The molecular formula is C22H18ClF4N3O3. The summed E-state index contributed by atoms with van der Waals surface area (Å²) >= 11 is 5.98. The Morgan fingerprint density at radius 1 is 1.18 bits per heavy atom. The van der Waals surface area contributed by atoms with Gasteiger partial charge in [0, 0.05) is 13.1 Å². The molecular weight excluding hydrogens is 466 g/mol. The van der Waals surface area contributed by atoms with Crippen molar-refractivity contribution in [1.29, 1.82) is 0 Å². The van der Waals surface area contributed by atoms with E-state index in [1.54, 1.807) is 11.8 Å². The third kappa shape index (κ3) is 4.03. The van der Waals surface area contributed by atoms with Gasteiger partial charge >= 0.3 is 12.1 Å². The number of hydrogen-bond donors (Lipinski definition) is 1. The van der Waals surface area contributed by atoms with Crippen LogP contribution in [0.4, 0.5) is 23.4 Å². The van der Waals surface area contributed by atoms with Crippen LogP contribution in [0, 0.1) is 17.7 Å². The number of halogens is 5. The minimum absolute atomic E-state index is 0.0175. The standard InChI is InChI=1S/C22H18ClF4N3O3/c1-11-10-29(9-8-12(11)21(32)33)19-18-15(24)6-3-7-16(18)30(28-19)20(31)17-13(22(25,26)27)4-2-5-14(17)23/h2-7,11-12H,8-10H2,1H3,(H,32,33). The summed E-state index contributed by atoms with van der Waals surface area (Å²) in [5.74, 6) is -3.60. The van der Waals surface area contributed by atoms with Crippen LogP contribution < -0.4 is 4.90 Å². The highest BCUT2D eigenvalue weighted by Crippen LogP contribution is 2.37. The second kappa shape index (κ2) is 8.33. The number of aliphatic carboxylic acids is 1. The van der Waals surface area contributed by atoms with Crippen molar-refractivity contribution in [3.63, 3.8) is 0 Å². The Kier molecular flexibility index (Phi) is 5.81. The van der Waals surface area contributed by atoms with Gasteiger partial charge in [-0.2, -0.15) is 17.9 Å². The molecule has 0 aliphatic carbocycles. The van der Waals surface area contributed by atoms with Gasteiger partial charge in [-0.3, -0.25) is 9.59 Å². The lowest BCUT2D eigenvalue weighted by Gasteiger charge is -2.35. The lowest BCUT2D eigenvalue weighted by molar-refractivity contribution is -0.144. The third-order valence-electron chi connectivity index (χ3n) is 5.89. The molecule has 33 heavy (non-hydrogen) atoms. The quantitative estimate of drug-likeness (QED) is 0.526. The third-order valence-corrected chi connectivity index (χ3v) is 6.20. The van der Waals surface area contributed by atoms with E-state index >= 15 is 0 Å². The largest absolute Gasteiger partial charge is 0.481 e. The molecule has 0 amide bonds. The maximum atomic E-state index is 14.8. The number of benzene rings is 2. The van der Waals surface area contributed by atoms with Crippen molar-refractivity contribution < 1.29 is 32.3 Å². The average Bonchev–Trinajstić information content (AvgIpc) is 3.13. The number of anilines is 1. The van der Waals surface area contributed by atoms with E-state index in [-0.39, 0.29) is 42.1 Å². The second-order valence-corrected chi connectivity index (χ2v) is 8.40. The van der Waals surface area contributed by atoms with Gasteiger partial charge in [-0.05, 0) is 36.6 Å². The number of alkyl halides is 3. The summed E-state index contributed by atoms with van der Waals surface area (Å²) in [6.07, 6.45) is -4.57. The Morgan fingerprint density at radius 2 is 1.88 bits per heavy atom. The predicted molar refractivity (Wildman–Crippen MR) is 113 cm³/mol. The predicted octanol–water partition coefficient (Wildman–Crippen LogP) is 5.08. The molecule has 0 radical (unpaired) electrons. The van der Waals surface area contributed by atoms with Crippen LogP contribution in [0.2, 0.25) is 5.02 Å². The van der Waals surface area contributed by atoms with E-state index in [4.69, 9.17) is 11.6 Å². The molecule has 174 valence electrons. The first-order chi connectivity index (χ1) is 15.5. The monoisotopic (exact) mass is 483 g/mol. The number of nitrogens with zero attached hydrogens (tertiary/aromatic N) is 3. The lowest BCUT2D eigenvalue weighted by Crippen LogP contribution is -2.42. The van der Waals surface area contributed by atoms with Crippen molar-refractivity contribution in [1.82, 2.24) is 9.78 Å². The highest BCUT2D eigenvalue weighted by molar-refractivity contribution is 6.34. The van der Waals surface area contributed by atoms with Crippen LogP contribution in [0.5, 0.6) is 0 Å². The number of carboxylic acid groups (broad SMARTS) is 1. The van der Waals surface area contributed by atoms with Crippen molar-refractivity contribution in [2.24, 2.45) is 11.8 Å². The molecule has 4 rings (SSSR count). The molecule has 2 aromatic carbocycles. The molecule has 0 spiro atoms. The van der Waals surface area contributed by atoms with Gasteiger partial charge in [-0.15, -0.1) is 5.10 Å². The van der Waals surface area contributed by atoms with E-state index in [9.17, 15) is 32.3 Å². The summed E-state index contributed by atoms with van der Waals surface area (Å²) in [7, 11) is 0. The zero-order chi connectivity index (χ0) is 24.1. The van der Waals surface area contributed by atoms with Crippen LogP contribution >= 0.6 is 11.6 Å². The van der Waals surface area contributed by atoms with Crippen molar-refractivity contribution in [2.75, 3.05) is 18.0 Å². The first-order valence-electron chi connectivity index (χ1n) is 10.1. The van der Waals surface area contributed by atoms with Gasteiger partial charge in [-0.1, -0.05) is 30.7 Å². The van der Waals surface area contributed by atoms with Crippen LogP contribution in [0.15, 0.2) is 36.4 Å². The number of fused-ring (bicyclic) bond motifs is 1. The number of hydrogen-bond acceptors (Lipinski definition) is 4. The van der Waals surface area contributed by atoms with Gasteiger partial charge in [0.2, 0.25) is 0 Å². The van der Waals surface area contributed by atoms with Gasteiger partial charge in [-0.25, -0.2) is 4.39 Å². The van der Waals surface area contributed by atoms with Crippen molar-refractivity contribution in [3.05, 3.63) is 58.4 Å². The van der Waals surface area contributed by atoms with Crippen LogP contribution in [0.3, 0.4) is 0 Å². The van der Waals surface area contributed by atoms with Crippen LogP contribution in [0.25, 0.3) is 10.9 Å². The Balaban J connectivity index is 1.85. The summed E-state index contributed by atoms with van der Waals surface area (Å²) in [5.41, 5.74) is -2.03. The Morgan fingerprint density at radius 3 is 2.52 bits per heavy atom. The highest BCUT2D eigenvalue weighted by atomic mass is 35.5. The van der Waals surface area contributed by atoms with E-state index in [1.165, 1.54) is 12.1 Å². The summed E-state index contributed by atoms with van der Waals surface area (Å²) in [6.45, 7) is 2.20. The summed E-state index contributed by atoms with van der Waals surface area (Å²) in [6, 6.07) is 6.85. The van der Waals surface area contributed by atoms with E-state index in [0.717, 1.165) is 28.9 Å². The fourth-order valence-corrected chi connectivity index (χ4v) is 4.53. The molecule has 0 saturated carbocycles. The van der Waals surface area contributed by atoms with Crippen LogP contribution in [0.1, 0.15) is 29.3 Å². The van der Waals surface area contributed by atoms with Crippen molar-refractivity contribution in [3.8, 4) is 0 Å². The smallest absolute Gasteiger partial charge is 0.417 e. The van der Waals surface area contributed by atoms with E-state index in [1.807, 2.05) is 0 Å². The minimum atomic E-state index is -4.85. The number of aromatic nitrogens is 2. The number of carbonyl (C=O) groups is 2. The number of carbonyl (C=O) groups excluding carboxylic acids is 1. The maximum absolute atomic E-state index is 14.8. The molecule has 1 saturated heterocycles. The fraction of sp³-hybridized carbons (Fsp3) is 0.318. The Bertz CT molecular complexity index is 1260. The van der Waals surface area contributed by atoms with Crippen molar-refractivity contribution in [2.45, 2.75) is 19.5 Å². The molecule has 2 atom stereocenters. The second-order valence-electron chi connectivity index (χ2n) is 7.99. The van der Waals surface area contributed by atoms with E-state index in [2.05, 4.69) is 5.10 Å². The number of piperidine rings is 1. The summed E-state index contributed by atoms with van der Waals surface area (Å²) < 4.78 is 56.3. The molecule has 3 aromatic rings. The molecule has 11 heteroatoms. The topological polar surface area (TPSA) is 75.4 Å². The average molecular weight is 484 g/mol. The molecule has 6 nitrogen and oxygen atoms in total. The highest BCUT2D eigenvalue weighted by Gasteiger charge is 2.38. The van der Waals surface area contributed by atoms with Crippen LogP contribution in [-0.4, -0.2) is 39.9 Å². The normalized spacial score (nSPS) is 19.2. The van der Waals surface area contributed by atoms with Crippen LogP contribution in [-0.2, 0) is 11.0 Å². The van der Waals surface area contributed by atoms with Gasteiger partial charge in [0.25, 0.3) is 5.91 Å². The minimum Gasteiger partial charge on any atom is -0.481 e. The van der Waals surface area contributed by atoms with Gasteiger partial charge in [0.15, 0.2) is 5.82 Å². The molecule has 1 aromatic heterocycles. The van der Waals surface area contributed by atoms with E-state index in [0.29, 0.717) is 0 Å². The maximum Gasteiger partial charge on any atom is 0.417 e. The molecule has 2 heterocycles. The first-order valence-corrected chi connectivity index (χ1v) is 10.4. The summed E-state index contributed by atoms with van der Waals surface area (Å²) in [5, 5.41) is 13.1. The van der Waals surface area contributed by atoms with Gasteiger partial charge in [0.05, 0.1) is 33.0 Å². The lowest BCUT2D eigenvalue weighted by atomic mass is 9.87. The zero-order valence-electron chi connectivity index (χ0n) is 17.2. The number of rotatable bonds is 3. The van der Waals surface area contributed by atoms with E-state index < -0.39 is 45.9 Å². The van der Waals surface area contributed by atoms with Crippen molar-refractivity contribution >= 4 is 40.2 Å². The first kappa shape index (κ1) is 23.0. The molecule has 1 aliphatic rings. The van der Waals surface area contributed by atoms with Gasteiger partial charge in [0.1, 0.15) is 5.82 Å². The van der Waals surface area contributed by atoms with Gasteiger partial charge < -0.3 is 10.0 Å². The fourth-order valence-electron chi connectivity index (χ4n) is 4.27. The molecule has 0 bridgehead atoms. The molecule has 2 unspecified atom stereocenters. The molecule has 1 fully saturated rings. The Labute approximate surface area is 190 Å². The zero-order valence-corrected chi connectivity index (χ0v) is 18.0. The Hall–Kier alpha value is -3.14. The summed E-state index contributed by atoms with van der Waals surface area (Å²) in [4.78, 5) is 26.3. The molecule has 1 aliphatic heterocycles. The molecule has 1 N–H and O–H groups in total.